The molecule has 0 unspecified atom stereocenters. The number of hydrogen-bond donors (Lipinski definition) is 6. The van der Waals surface area contributed by atoms with Gasteiger partial charge in [0, 0.05) is 0 Å². The van der Waals surface area contributed by atoms with E-state index < -0.39 is 74.1 Å². The molecular formula is C20H23F2N10O7PS. The van der Waals surface area contributed by atoms with E-state index in [1.54, 1.807) is 0 Å². The number of aliphatic hydroxyl groups is 2. The number of nitrogens with one attached hydrogen (secondary N) is 1. The average Bonchev–Trinajstić information content (AvgIpc) is 3.68. The van der Waals surface area contributed by atoms with Crippen LogP contribution in [-0.4, -0.2) is 98.8 Å². The van der Waals surface area contributed by atoms with Gasteiger partial charge in [-0.15, -0.1) is 0 Å². The standard InChI is InChI=1S/C20H23F2N10O7PS/c21-8-6(1-33)38-19(32-5-28-11-16(32)29-20(24)30-17(11)35)13(8)40(36,41)37-2-7-12(34)9(22)18(39-7)31-4-27-10-14(23)25-3-26-15(10)31/h3-9,12-13,18-19,33-34H,1-2H2,(H,36,41)(H2,23,25,26)(H3,24,29,30,35)/t6-,7-,8-,9+,12-,13-,18-,19-,40+/m1/s1. The van der Waals surface area contributed by atoms with Crippen LogP contribution in [0.3, 0.4) is 0 Å². The number of aliphatic hydroxyl groups excluding tert-OH is 2. The Morgan fingerprint density at radius 2 is 1.73 bits per heavy atom. The Kier molecular flexibility index (Phi) is 6.96. The first-order valence-electron chi connectivity index (χ1n) is 12.0. The zero-order chi connectivity index (χ0) is 29.2. The second-order valence-corrected chi connectivity index (χ2v) is 13.1. The molecule has 4 aromatic heterocycles. The summed E-state index contributed by atoms with van der Waals surface area (Å²) in [5.41, 5.74) is 9.17. The summed E-state index contributed by atoms with van der Waals surface area (Å²) in [5.74, 6) is -0.204. The van der Waals surface area contributed by atoms with Gasteiger partial charge in [-0.2, -0.15) is 4.98 Å². The second kappa shape index (κ2) is 10.2. The largest absolute Gasteiger partial charge is 0.394 e. The van der Waals surface area contributed by atoms with Crippen LogP contribution in [0.5, 0.6) is 0 Å². The van der Waals surface area contributed by atoms with Crippen LogP contribution in [0.25, 0.3) is 22.3 Å². The number of rotatable bonds is 7. The molecule has 4 aromatic rings. The Morgan fingerprint density at radius 1 is 1.05 bits per heavy atom. The maximum Gasteiger partial charge on any atom is 0.280 e. The zero-order valence-electron chi connectivity index (χ0n) is 20.6. The molecule has 17 nitrogen and oxygen atoms in total. The zero-order valence-corrected chi connectivity index (χ0v) is 22.4. The second-order valence-electron chi connectivity index (χ2n) is 9.40. The van der Waals surface area contributed by atoms with Gasteiger partial charge in [0.25, 0.3) is 12.1 Å². The van der Waals surface area contributed by atoms with Gasteiger partial charge in [0.15, 0.2) is 41.3 Å². The smallest absolute Gasteiger partial charge is 0.280 e. The van der Waals surface area contributed by atoms with Crippen LogP contribution in [0.15, 0.2) is 23.8 Å². The third-order valence-electron chi connectivity index (χ3n) is 6.95. The topological polar surface area (TPSA) is 244 Å². The van der Waals surface area contributed by atoms with Crippen molar-refractivity contribution in [2.75, 3.05) is 24.7 Å². The summed E-state index contributed by atoms with van der Waals surface area (Å²) < 4.78 is 63.5. The molecule has 9 atom stereocenters. The predicted molar refractivity (Wildman–Crippen MR) is 139 cm³/mol. The fourth-order valence-corrected chi connectivity index (χ4v) is 7.49. The molecule has 0 radical (unpaired) electrons. The number of nitrogens with two attached hydrogens (primary N) is 2. The monoisotopic (exact) mass is 616 g/mol. The van der Waals surface area contributed by atoms with Crippen LogP contribution in [0.4, 0.5) is 20.5 Å². The van der Waals surface area contributed by atoms with E-state index in [2.05, 4.69) is 42.2 Å². The molecule has 2 aliphatic heterocycles. The van der Waals surface area contributed by atoms with E-state index in [1.165, 1.54) is 10.9 Å². The highest BCUT2D eigenvalue weighted by Crippen LogP contribution is 2.64. The van der Waals surface area contributed by atoms with Crippen LogP contribution in [-0.2, 0) is 18.6 Å². The Morgan fingerprint density at radius 3 is 2.46 bits per heavy atom. The lowest BCUT2D eigenvalue weighted by molar-refractivity contribution is -0.0416. The number of hydrogen-bond acceptors (Lipinski definition) is 14. The molecule has 0 spiro atoms. The first-order chi connectivity index (χ1) is 19.5. The molecule has 6 heterocycles. The number of fused-ring (bicyclic) bond motifs is 2. The number of H-pyrrole nitrogens is 1. The van der Waals surface area contributed by atoms with Gasteiger partial charge in [0.1, 0.15) is 42.0 Å². The minimum Gasteiger partial charge on any atom is -0.394 e. The summed E-state index contributed by atoms with van der Waals surface area (Å²) in [7, 11) is 0. The average molecular weight is 617 g/mol. The molecule has 2 aliphatic rings. The van der Waals surface area contributed by atoms with Crippen molar-refractivity contribution in [2.24, 2.45) is 0 Å². The normalized spacial score (nSPS) is 31.7. The Balaban J connectivity index is 1.25. The Labute approximate surface area is 232 Å². The van der Waals surface area contributed by atoms with E-state index in [0.717, 1.165) is 17.2 Å². The minimum absolute atomic E-state index is 0.0575. The molecule has 0 bridgehead atoms. The number of ether oxygens (including phenoxy) is 2. The van der Waals surface area contributed by atoms with Gasteiger partial charge >= 0.3 is 0 Å². The summed E-state index contributed by atoms with van der Waals surface area (Å²) in [5, 5.41) is 20.2. The molecule has 6 rings (SSSR count). The fraction of sp³-hybridized carbons (Fsp3) is 0.500. The molecule has 41 heavy (non-hydrogen) atoms. The molecule has 2 fully saturated rings. The number of nitrogen functional groups attached to an aromatic ring is 2. The van der Waals surface area contributed by atoms with Crippen LogP contribution < -0.4 is 17.0 Å². The number of halogens is 2. The quantitative estimate of drug-likeness (QED) is 0.113. The number of anilines is 2. The molecule has 7 N–H and O–H groups in total. The lowest BCUT2D eigenvalue weighted by Crippen LogP contribution is -2.33. The third-order valence-corrected chi connectivity index (χ3v) is 9.91. The number of aromatic nitrogens is 8. The number of alkyl halides is 2. The first kappa shape index (κ1) is 27.9. The van der Waals surface area contributed by atoms with Crippen molar-refractivity contribution in [3.63, 3.8) is 0 Å². The Hall–Kier alpha value is -3.26. The van der Waals surface area contributed by atoms with Gasteiger partial charge < -0.3 is 35.7 Å². The van der Waals surface area contributed by atoms with Gasteiger partial charge in [0.05, 0.1) is 25.9 Å². The summed E-state index contributed by atoms with van der Waals surface area (Å²) in [6, 6.07) is 0. The highest BCUT2D eigenvalue weighted by atomic mass is 32.7. The SMILES string of the molecule is Nc1nc2c(ncn2[C@@H]2O[C@H](CO)[C@@H](F)[C@H]2[P@@](=O)(S)OC[C@H]2O[C@@H](n3cnc4c(N)ncnc43)[C@@H](F)[C@@H]2O)c(=O)[nH]1. The summed E-state index contributed by atoms with van der Waals surface area (Å²) in [4.78, 5) is 34.3. The number of thiol groups is 1. The highest BCUT2D eigenvalue weighted by Gasteiger charge is 2.56. The molecule has 0 aliphatic carbocycles. The first-order valence-corrected chi connectivity index (χ1v) is 14.9. The number of aromatic amines is 1. The lowest BCUT2D eigenvalue weighted by atomic mass is 10.1. The van der Waals surface area contributed by atoms with E-state index in [1.807, 2.05) is 0 Å². The fourth-order valence-electron chi connectivity index (χ4n) is 4.94. The van der Waals surface area contributed by atoms with Crippen molar-refractivity contribution in [1.82, 2.24) is 39.0 Å². The maximum atomic E-state index is 15.5. The van der Waals surface area contributed by atoms with Gasteiger partial charge in [0.2, 0.25) is 5.95 Å². The van der Waals surface area contributed by atoms with E-state index >= 15 is 8.78 Å². The molecular weight excluding hydrogens is 593 g/mol. The molecule has 0 saturated carbocycles. The van der Waals surface area contributed by atoms with Crippen molar-refractivity contribution in [2.45, 2.75) is 48.8 Å². The van der Waals surface area contributed by atoms with Gasteiger partial charge in [-0.1, -0.05) is 12.2 Å². The maximum absolute atomic E-state index is 15.5. The summed E-state index contributed by atoms with van der Waals surface area (Å²) in [6.07, 6.45) is -7.98. The van der Waals surface area contributed by atoms with Gasteiger partial charge in [-0.3, -0.25) is 23.5 Å². The van der Waals surface area contributed by atoms with Gasteiger partial charge in [-0.25, -0.2) is 28.7 Å². The number of imidazole rings is 2. The molecule has 0 aromatic carbocycles. The van der Waals surface area contributed by atoms with Gasteiger partial charge in [-0.05, 0) is 0 Å². The van der Waals surface area contributed by atoms with E-state index in [-0.39, 0.29) is 34.1 Å². The third kappa shape index (κ3) is 4.55. The van der Waals surface area contributed by atoms with Crippen molar-refractivity contribution >= 4 is 52.9 Å². The molecule has 2 saturated heterocycles. The molecule has 21 heteroatoms. The van der Waals surface area contributed by atoms with Crippen LogP contribution in [0.1, 0.15) is 12.5 Å². The Bertz CT molecular complexity index is 1720. The highest BCUT2D eigenvalue weighted by molar-refractivity contribution is 8.46. The summed E-state index contributed by atoms with van der Waals surface area (Å²) in [6.45, 7) is -5.80. The molecule has 220 valence electrons. The van der Waals surface area contributed by atoms with E-state index in [0.29, 0.717) is 0 Å². The summed E-state index contributed by atoms with van der Waals surface area (Å²) >= 11 is 4.12. The van der Waals surface area contributed by atoms with E-state index in [9.17, 15) is 19.6 Å². The molecule has 0 amide bonds. The van der Waals surface area contributed by atoms with Crippen LogP contribution in [0.2, 0.25) is 0 Å². The van der Waals surface area contributed by atoms with E-state index in [4.69, 9.17) is 25.5 Å². The van der Waals surface area contributed by atoms with Crippen molar-refractivity contribution < 1.29 is 37.6 Å². The predicted octanol–water partition coefficient (Wildman–Crippen LogP) is -0.544. The number of nitrogens with zero attached hydrogens (tertiary/aromatic N) is 7. The van der Waals surface area contributed by atoms with Crippen molar-refractivity contribution in [1.29, 1.82) is 0 Å². The van der Waals surface area contributed by atoms with Crippen molar-refractivity contribution in [3.05, 3.63) is 29.3 Å². The van der Waals surface area contributed by atoms with Crippen molar-refractivity contribution in [3.8, 4) is 0 Å². The van der Waals surface area contributed by atoms with Crippen LogP contribution >= 0.6 is 18.8 Å². The van der Waals surface area contributed by atoms with Crippen LogP contribution in [0, 0.1) is 0 Å². The lowest BCUT2D eigenvalue weighted by Gasteiger charge is -2.27. The minimum atomic E-state index is -4.35.